The van der Waals surface area contributed by atoms with Crippen molar-refractivity contribution in [3.8, 4) is 33.8 Å². The number of hydrogen-bond acceptors (Lipinski definition) is 2. The van der Waals surface area contributed by atoms with Crippen molar-refractivity contribution in [2.45, 2.75) is 0 Å². The van der Waals surface area contributed by atoms with Crippen LogP contribution >= 0.6 is 0 Å². The van der Waals surface area contributed by atoms with E-state index in [1.54, 1.807) is 14.2 Å². The molecule has 0 heterocycles. The molecule has 40 heavy (non-hydrogen) atoms. The SMILES string of the molecule is COc1ccc2cc(-c3ccc4ccc5c(-c6ccc7cc(OC)ccc7c6)ccc6ccc3c4c65)ccc2c1. The van der Waals surface area contributed by atoms with Crippen molar-refractivity contribution in [2.24, 2.45) is 0 Å². The van der Waals surface area contributed by atoms with Crippen LogP contribution in [0.15, 0.2) is 121 Å². The van der Waals surface area contributed by atoms with Crippen molar-refractivity contribution in [1.29, 1.82) is 0 Å². The van der Waals surface area contributed by atoms with E-state index in [4.69, 9.17) is 9.47 Å². The first-order valence-corrected chi connectivity index (χ1v) is 13.6. The average Bonchev–Trinajstić information content (AvgIpc) is 3.02. The third-order valence-electron chi connectivity index (χ3n) is 8.38. The van der Waals surface area contributed by atoms with Gasteiger partial charge in [0.2, 0.25) is 0 Å². The summed E-state index contributed by atoms with van der Waals surface area (Å²) in [5, 5.41) is 12.5. The molecule has 190 valence electrons. The summed E-state index contributed by atoms with van der Waals surface area (Å²) in [4.78, 5) is 0. The molecule has 8 rings (SSSR count). The molecule has 0 aliphatic heterocycles. The number of fused-ring (bicyclic) bond motifs is 2. The minimum absolute atomic E-state index is 0.880. The topological polar surface area (TPSA) is 18.5 Å². The molecule has 0 spiro atoms. The molecule has 0 aliphatic carbocycles. The van der Waals surface area contributed by atoms with Gasteiger partial charge in [-0.05, 0) is 113 Å². The zero-order chi connectivity index (χ0) is 26.8. The van der Waals surface area contributed by atoms with Crippen molar-refractivity contribution in [2.75, 3.05) is 14.2 Å². The van der Waals surface area contributed by atoms with E-state index >= 15 is 0 Å². The van der Waals surface area contributed by atoms with Crippen LogP contribution in [0.5, 0.6) is 11.5 Å². The van der Waals surface area contributed by atoms with Gasteiger partial charge >= 0.3 is 0 Å². The summed E-state index contributed by atoms with van der Waals surface area (Å²) in [5.74, 6) is 1.76. The molecule has 0 amide bonds. The highest BCUT2D eigenvalue weighted by Crippen LogP contribution is 2.43. The fourth-order valence-electron chi connectivity index (χ4n) is 6.34. The van der Waals surface area contributed by atoms with Gasteiger partial charge in [-0.1, -0.05) is 84.9 Å². The first-order valence-electron chi connectivity index (χ1n) is 13.6. The quantitative estimate of drug-likeness (QED) is 0.218. The first kappa shape index (κ1) is 22.9. The minimum Gasteiger partial charge on any atom is -0.497 e. The summed E-state index contributed by atoms with van der Waals surface area (Å²) in [7, 11) is 3.42. The molecule has 2 nitrogen and oxygen atoms in total. The predicted molar refractivity (Wildman–Crippen MR) is 169 cm³/mol. The van der Waals surface area contributed by atoms with Gasteiger partial charge in [0, 0.05) is 0 Å². The Morgan fingerprint density at radius 3 is 1.18 bits per heavy atom. The van der Waals surface area contributed by atoms with Gasteiger partial charge in [0.25, 0.3) is 0 Å². The van der Waals surface area contributed by atoms with E-state index in [2.05, 4.69) is 109 Å². The average molecular weight is 515 g/mol. The van der Waals surface area contributed by atoms with E-state index in [0.29, 0.717) is 0 Å². The predicted octanol–water partition coefficient (Wildman–Crippen LogP) is 10.2. The summed E-state index contributed by atoms with van der Waals surface area (Å²) in [6.45, 7) is 0. The van der Waals surface area contributed by atoms with Crippen LogP contribution in [0.4, 0.5) is 0 Å². The molecule has 0 fully saturated rings. The lowest BCUT2D eigenvalue weighted by Gasteiger charge is -2.17. The highest BCUT2D eigenvalue weighted by molar-refractivity contribution is 6.27. The Morgan fingerprint density at radius 2 is 0.725 bits per heavy atom. The van der Waals surface area contributed by atoms with E-state index in [9.17, 15) is 0 Å². The fourth-order valence-corrected chi connectivity index (χ4v) is 6.34. The molecule has 0 radical (unpaired) electrons. The number of rotatable bonds is 4. The Balaban J connectivity index is 1.34. The van der Waals surface area contributed by atoms with Gasteiger partial charge < -0.3 is 9.47 Å². The molecule has 0 saturated heterocycles. The number of hydrogen-bond donors (Lipinski definition) is 0. The maximum Gasteiger partial charge on any atom is 0.119 e. The van der Waals surface area contributed by atoms with Gasteiger partial charge in [0.05, 0.1) is 14.2 Å². The van der Waals surface area contributed by atoms with Crippen LogP contribution in [0.3, 0.4) is 0 Å². The second-order valence-corrected chi connectivity index (χ2v) is 10.5. The van der Waals surface area contributed by atoms with Crippen LogP contribution in [-0.4, -0.2) is 14.2 Å². The van der Waals surface area contributed by atoms with Crippen LogP contribution in [-0.2, 0) is 0 Å². The highest BCUT2D eigenvalue weighted by atomic mass is 16.5. The molecule has 0 atom stereocenters. The Morgan fingerprint density at radius 1 is 0.350 bits per heavy atom. The number of ether oxygens (including phenoxy) is 2. The standard InChI is InChI=1S/C38H26O2/c1-39-31-13-7-25-19-29(5-3-27(25)21-31)33-15-9-23-12-18-36-34(16-10-24-11-17-35(33)37(23)38(24)36)30-6-4-28-22-32(40-2)14-8-26(28)20-30/h3-22H,1-2H3. The second kappa shape index (κ2) is 8.72. The van der Waals surface area contributed by atoms with Crippen LogP contribution in [0, 0.1) is 0 Å². The summed E-state index contributed by atoms with van der Waals surface area (Å²) in [6, 6.07) is 44.1. The number of benzene rings is 8. The van der Waals surface area contributed by atoms with Crippen molar-refractivity contribution in [3.05, 3.63) is 121 Å². The zero-order valence-electron chi connectivity index (χ0n) is 22.4. The molecule has 2 heteroatoms. The Labute approximate surface area is 232 Å². The van der Waals surface area contributed by atoms with Gasteiger partial charge in [-0.25, -0.2) is 0 Å². The lowest BCUT2D eigenvalue weighted by atomic mass is 9.87. The molecule has 8 aromatic carbocycles. The van der Waals surface area contributed by atoms with E-state index in [-0.39, 0.29) is 0 Å². The third kappa shape index (κ3) is 3.43. The van der Waals surface area contributed by atoms with E-state index in [1.807, 2.05) is 12.1 Å². The van der Waals surface area contributed by atoms with Crippen LogP contribution < -0.4 is 9.47 Å². The maximum absolute atomic E-state index is 5.43. The summed E-state index contributed by atoms with van der Waals surface area (Å²) in [6.07, 6.45) is 0. The molecule has 0 unspecified atom stereocenters. The van der Waals surface area contributed by atoms with Crippen LogP contribution in [0.25, 0.3) is 76.1 Å². The van der Waals surface area contributed by atoms with Crippen molar-refractivity contribution < 1.29 is 9.47 Å². The maximum atomic E-state index is 5.43. The third-order valence-corrected chi connectivity index (χ3v) is 8.38. The minimum atomic E-state index is 0.880. The Bertz CT molecular complexity index is 2080. The normalized spacial score (nSPS) is 11.8. The highest BCUT2D eigenvalue weighted by Gasteiger charge is 2.15. The first-order chi connectivity index (χ1) is 19.7. The van der Waals surface area contributed by atoms with E-state index in [1.165, 1.54) is 76.1 Å². The lowest BCUT2D eigenvalue weighted by Crippen LogP contribution is -1.90. The molecular formula is C38H26O2. The van der Waals surface area contributed by atoms with Crippen molar-refractivity contribution >= 4 is 53.9 Å². The van der Waals surface area contributed by atoms with Gasteiger partial charge in [0.15, 0.2) is 0 Å². The lowest BCUT2D eigenvalue weighted by molar-refractivity contribution is 0.415. The smallest absolute Gasteiger partial charge is 0.119 e. The van der Waals surface area contributed by atoms with Gasteiger partial charge in [-0.3, -0.25) is 0 Å². The Kier molecular flexibility index (Phi) is 4.99. The molecule has 8 aromatic rings. The van der Waals surface area contributed by atoms with Crippen LogP contribution in [0.2, 0.25) is 0 Å². The van der Waals surface area contributed by atoms with E-state index < -0.39 is 0 Å². The Hall–Kier alpha value is -5.08. The molecular weight excluding hydrogens is 488 g/mol. The molecule has 0 bridgehead atoms. The summed E-state index contributed by atoms with van der Waals surface area (Å²) < 4.78 is 10.9. The largest absolute Gasteiger partial charge is 0.497 e. The van der Waals surface area contributed by atoms with Crippen molar-refractivity contribution in [1.82, 2.24) is 0 Å². The van der Waals surface area contributed by atoms with Gasteiger partial charge in [-0.2, -0.15) is 0 Å². The summed E-state index contributed by atoms with van der Waals surface area (Å²) >= 11 is 0. The van der Waals surface area contributed by atoms with Crippen LogP contribution in [0.1, 0.15) is 0 Å². The van der Waals surface area contributed by atoms with E-state index in [0.717, 1.165) is 11.5 Å². The molecule has 0 aromatic heterocycles. The fraction of sp³-hybridized carbons (Fsp3) is 0.0526. The second-order valence-electron chi connectivity index (χ2n) is 10.5. The number of methoxy groups -OCH3 is 2. The molecule has 0 aliphatic rings. The zero-order valence-corrected chi connectivity index (χ0v) is 22.4. The van der Waals surface area contributed by atoms with Gasteiger partial charge in [-0.15, -0.1) is 0 Å². The van der Waals surface area contributed by atoms with Gasteiger partial charge in [0.1, 0.15) is 11.5 Å². The molecule has 0 N–H and O–H groups in total. The summed E-state index contributed by atoms with van der Waals surface area (Å²) in [5.41, 5.74) is 4.95. The monoisotopic (exact) mass is 514 g/mol. The van der Waals surface area contributed by atoms with Crippen molar-refractivity contribution in [3.63, 3.8) is 0 Å². The molecule has 0 saturated carbocycles.